The van der Waals surface area contributed by atoms with Gasteiger partial charge in [-0.15, -0.1) is 24.8 Å². The zero-order chi connectivity index (χ0) is 41.7. The fourth-order valence-electron chi connectivity index (χ4n) is 7.13. The first-order valence-electron chi connectivity index (χ1n) is 17.6. The Labute approximate surface area is 346 Å². The van der Waals surface area contributed by atoms with Gasteiger partial charge in [-0.2, -0.15) is 0 Å². The van der Waals surface area contributed by atoms with Gasteiger partial charge in [-0.05, 0) is 101 Å². The smallest absolute Gasteiger partial charge is 0.307 e. The molecule has 5 heterocycles. The normalized spacial score (nSPS) is 12.1. The highest BCUT2D eigenvalue weighted by Crippen LogP contribution is 2.39. The van der Waals surface area contributed by atoms with Gasteiger partial charge in [0.1, 0.15) is 0 Å². The predicted octanol–water partition coefficient (Wildman–Crippen LogP) is 5.49. The van der Waals surface area contributed by atoms with Gasteiger partial charge >= 0.3 is 41.8 Å². The van der Waals surface area contributed by atoms with Crippen molar-refractivity contribution in [1.82, 2.24) is 19.9 Å². The number of carboxylic acid groups (broad SMARTS) is 7. The second-order valence-electron chi connectivity index (χ2n) is 13.5. The minimum absolute atomic E-state index is 0. The molecule has 20 heteroatoms. The first-order chi connectivity index (χ1) is 26.9. The van der Waals surface area contributed by atoms with Crippen LogP contribution in [0.2, 0.25) is 0 Å². The Morgan fingerprint density at radius 3 is 1.25 bits per heavy atom. The van der Waals surface area contributed by atoms with E-state index in [9.17, 15) is 69.3 Å². The van der Waals surface area contributed by atoms with E-state index in [2.05, 4.69) is 9.97 Å². The number of carboxylic acids is 7. The van der Waals surface area contributed by atoms with Crippen LogP contribution < -0.4 is 0 Å². The van der Waals surface area contributed by atoms with E-state index < -0.39 is 80.3 Å². The molecule has 0 aliphatic carbocycles. The number of nitrogens with zero attached hydrogens (tertiary/aromatic N) is 2. The molecule has 0 atom stereocenters. The summed E-state index contributed by atoms with van der Waals surface area (Å²) in [4.78, 5) is 99.6. The number of aliphatic carboxylic acids is 7. The lowest BCUT2D eigenvalue weighted by molar-refractivity contribution is -0.138. The van der Waals surface area contributed by atoms with Crippen LogP contribution in [0.5, 0.6) is 0 Å². The van der Waals surface area contributed by atoms with Gasteiger partial charge in [-0.25, -0.2) is 9.97 Å². The molecule has 8 bridgehead atoms. The first kappa shape index (κ1) is 46.8. The molecule has 9 N–H and O–H groups in total. The maximum absolute atomic E-state index is 12.3. The molecule has 0 unspecified atom stereocenters. The number of hydrogen-bond acceptors (Lipinski definition) is 9. The van der Waals surface area contributed by atoms with Gasteiger partial charge in [-0.1, -0.05) is 0 Å². The fraction of sp³-hybridized carbons (Fsp3) is 0.308. The molecular weight excluding hydrogens is 819 g/mol. The summed E-state index contributed by atoms with van der Waals surface area (Å²) >= 11 is 0. The van der Waals surface area contributed by atoms with Gasteiger partial charge in [0.05, 0.1) is 42.0 Å². The molecule has 0 saturated heterocycles. The van der Waals surface area contributed by atoms with Crippen molar-refractivity contribution in [3.8, 4) is 0 Å². The predicted molar refractivity (Wildman–Crippen MR) is 215 cm³/mol. The number of aromatic nitrogens is 4. The number of aryl methyl sites for hydroxylation is 2. The summed E-state index contributed by atoms with van der Waals surface area (Å²) in [5.41, 5.74) is 3.68. The molecule has 3 aromatic heterocycles. The highest BCUT2D eigenvalue weighted by molar-refractivity contribution is 6.01. The van der Waals surface area contributed by atoms with Gasteiger partial charge in [0.25, 0.3) is 0 Å². The van der Waals surface area contributed by atoms with E-state index in [-0.39, 0.29) is 130 Å². The molecule has 0 fully saturated rings. The second kappa shape index (κ2) is 19.8. The number of carbonyl (C=O) groups is 7. The van der Waals surface area contributed by atoms with Crippen molar-refractivity contribution in [3.63, 3.8) is 0 Å². The third kappa shape index (κ3) is 11.3. The Morgan fingerprint density at radius 2 is 0.780 bits per heavy atom. The Morgan fingerprint density at radius 1 is 0.424 bits per heavy atom. The van der Waals surface area contributed by atoms with Gasteiger partial charge in [-0.3, -0.25) is 33.6 Å². The number of nitrogens with one attached hydrogen (secondary N) is 2. The molecule has 3 aromatic rings. The zero-order valence-electron chi connectivity index (χ0n) is 31.3. The van der Waals surface area contributed by atoms with Crippen molar-refractivity contribution < 1.29 is 69.3 Å². The number of rotatable bonds is 18. The zero-order valence-corrected chi connectivity index (χ0v) is 32.9. The summed E-state index contributed by atoms with van der Waals surface area (Å²) in [6.07, 6.45) is -3.90. The van der Waals surface area contributed by atoms with Crippen molar-refractivity contribution in [1.29, 1.82) is 0 Å². The van der Waals surface area contributed by atoms with Crippen LogP contribution in [0.1, 0.15) is 96.9 Å². The summed E-state index contributed by atoms with van der Waals surface area (Å²) in [5.74, 6) is -8.48. The molecule has 0 radical (unpaired) electrons. The monoisotopic (exact) mass is 858 g/mol. The minimum atomic E-state index is -1.29. The minimum Gasteiger partial charge on any atom is -0.481 e. The fourth-order valence-corrected chi connectivity index (χ4v) is 7.13. The van der Waals surface area contributed by atoms with E-state index in [1.807, 2.05) is 0 Å². The van der Waals surface area contributed by atoms with Crippen LogP contribution in [0.3, 0.4) is 0 Å². The van der Waals surface area contributed by atoms with Gasteiger partial charge in [0, 0.05) is 47.8 Å². The Balaban J connectivity index is 0.00000465. The molecule has 59 heavy (non-hydrogen) atoms. The van der Waals surface area contributed by atoms with Gasteiger partial charge in [0.15, 0.2) is 0 Å². The molecule has 0 aromatic carbocycles. The third-order valence-corrected chi connectivity index (χ3v) is 9.64. The number of fused-ring (bicyclic) bond motifs is 8. The van der Waals surface area contributed by atoms with E-state index in [1.54, 1.807) is 13.0 Å². The van der Waals surface area contributed by atoms with Crippen LogP contribution in [0, 0.1) is 0 Å². The van der Waals surface area contributed by atoms with Crippen LogP contribution in [-0.4, -0.2) is 97.5 Å². The lowest BCUT2D eigenvalue weighted by Crippen LogP contribution is -2.05. The summed E-state index contributed by atoms with van der Waals surface area (Å²) in [7, 11) is 0. The molecule has 2 aliphatic rings. The number of hydrogen-bond donors (Lipinski definition) is 9. The standard InChI is InChI=1S/C39H38N4O14.2ClH/c1-17-18(2-6-33(44)45)26-14-30-23(11-38(54)55)20(4-8-35(48)49)28(42-30)16-32-24(12-39(56)57)21(5-9-36(50)51)29(43-32)15-31-22(10-37(52)53)19(3-7-34(46)47)27(41-31)13-25(17)40-26;;/h13-16,41,43H,2-12H2,1H3,(H,44,45)(H,46,47)(H,48,49)(H,50,51)(H,52,53)(H,54,55)(H,56,57);2*1H. The molecule has 0 saturated carbocycles. The number of H-pyrrole nitrogens is 2. The summed E-state index contributed by atoms with van der Waals surface area (Å²) < 4.78 is 0. The highest BCUT2D eigenvalue weighted by atomic mass is 35.5. The lowest BCUT2D eigenvalue weighted by atomic mass is 9.96. The summed E-state index contributed by atoms with van der Waals surface area (Å²) in [5, 5.41) is 68.4. The molecule has 314 valence electrons. The van der Waals surface area contributed by atoms with Gasteiger partial charge in [0.2, 0.25) is 0 Å². The first-order valence-corrected chi connectivity index (χ1v) is 17.6. The van der Waals surface area contributed by atoms with Gasteiger partial charge < -0.3 is 45.7 Å². The average Bonchev–Trinajstić information content (AvgIpc) is 3.77. The number of aromatic amines is 2. The van der Waals surface area contributed by atoms with Crippen molar-refractivity contribution in [2.24, 2.45) is 0 Å². The van der Waals surface area contributed by atoms with Crippen LogP contribution in [0.15, 0.2) is 24.3 Å². The maximum atomic E-state index is 12.3. The van der Waals surface area contributed by atoms with Crippen LogP contribution in [0.4, 0.5) is 0 Å². The van der Waals surface area contributed by atoms with E-state index in [4.69, 9.17) is 9.97 Å². The second-order valence-corrected chi connectivity index (χ2v) is 13.5. The molecule has 0 amide bonds. The van der Waals surface area contributed by atoms with Crippen LogP contribution >= 0.6 is 24.8 Å². The summed E-state index contributed by atoms with van der Waals surface area (Å²) in [6, 6.07) is 5.90. The SMILES string of the molecule is CC1=C(CCC(=O)O)c2cc3nc(cc4[nH]c(cc5[nH]c(cc1n2)c(CCC(=O)O)c5CC(=O)O)c(CCC(=O)O)c4CC(=O)O)C(CCC(=O)O)=C3CC(=O)O.Cl.Cl. The highest BCUT2D eigenvalue weighted by Gasteiger charge is 2.27. The van der Waals surface area contributed by atoms with Crippen molar-refractivity contribution in [2.75, 3.05) is 0 Å². The number of halogens is 2. The average molecular weight is 860 g/mol. The number of allylic oxidation sites excluding steroid dienone is 3. The van der Waals surface area contributed by atoms with Crippen molar-refractivity contribution in [2.45, 2.75) is 77.6 Å². The maximum Gasteiger partial charge on any atom is 0.307 e. The Bertz CT molecular complexity index is 2480. The van der Waals surface area contributed by atoms with Crippen molar-refractivity contribution >= 4 is 111 Å². The summed E-state index contributed by atoms with van der Waals surface area (Å²) in [6.45, 7) is 1.68. The molecule has 18 nitrogen and oxygen atoms in total. The van der Waals surface area contributed by atoms with E-state index in [1.165, 1.54) is 18.2 Å². The largest absolute Gasteiger partial charge is 0.481 e. The van der Waals surface area contributed by atoms with Crippen molar-refractivity contribution in [3.05, 3.63) is 69.3 Å². The Hall–Kier alpha value is -6.53. The van der Waals surface area contributed by atoms with E-state index in [0.29, 0.717) is 16.7 Å². The van der Waals surface area contributed by atoms with E-state index in [0.717, 1.165) is 0 Å². The topological polar surface area (TPSA) is 318 Å². The van der Waals surface area contributed by atoms with Crippen LogP contribution in [-0.2, 0) is 59.2 Å². The molecule has 0 spiro atoms. The molecule has 5 rings (SSSR count). The quantitative estimate of drug-likeness (QED) is 0.0763. The third-order valence-electron chi connectivity index (χ3n) is 9.64. The van der Waals surface area contributed by atoms with E-state index >= 15 is 0 Å². The Kier molecular flexibility index (Phi) is 15.7. The molecule has 2 aliphatic heterocycles. The van der Waals surface area contributed by atoms with Crippen LogP contribution in [0.25, 0.3) is 44.4 Å². The lowest BCUT2D eigenvalue weighted by Gasteiger charge is -2.06. The molecular formula is C39H40Cl2N4O14.